The molecule has 0 N–H and O–H groups in total. The lowest BCUT2D eigenvalue weighted by molar-refractivity contribution is -0.134. The van der Waals surface area contributed by atoms with Gasteiger partial charge in [0.05, 0.1) is 0 Å². The number of hydrogen-bond donors (Lipinski definition) is 0. The van der Waals surface area contributed by atoms with Crippen LogP contribution in [0.25, 0.3) is 0 Å². The van der Waals surface area contributed by atoms with Gasteiger partial charge < -0.3 is 0 Å². The van der Waals surface area contributed by atoms with E-state index >= 15 is 0 Å². The second kappa shape index (κ2) is 4.43. The van der Waals surface area contributed by atoms with E-state index in [2.05, 4.69) is 20.8 Å². The molecule has 0 saturated heterocycles. The van der Waals surface area contributed by atoms with Gasteiger partial charge in [-0.25, -0.2) is 4.39 Å². The largest absolute Gasteiger partial charge is 0.298 e. The summed E-state index contributed by atoms with van der Waals surface area (Å²) in [6.07, 6.45) is 5.19. The van der Waals surface area contributed by atoms with Gasteiger partial charge in [-0.2, -0.15) is 0 Å². The number of aryl methyl sites for hydroxylation is 1. The number of Topliss-reactive ketones (excluding diaryl/α,β-unsaturated/α-hetero) is 1. The Morgan fingerprint density at radius 2 is 1.95 bits per heavy atom. The monoisotopic (exact) mass is 300 g/mol. The molecular weight excluding hydrogens is 275 g/mol. The lowest BCUT2D eigenvalue weighted by Gasteiger charge is -2.48. The van der Waals surface area contributed by atoms with E-state index in [-0.39, 0.29) is 16.6 Å². The molecule has 0 bridgehead atoms. The molecule has 2 saturated carbocycles. The minimum Gasteiger partial charge on any atom is -0.298 e. The molecule has 0 amide bonds. The molecule has 0 radical (unpaired) electrons. The summed E-state index contributed by atoms with van der Waals surface area (Å²) in [5.41, 5.74) is 2.27. The Morgan fingerprint density at radius 3 is 2.73 bits per heavy atom. The minimum absolute atomic E-state index is 0.116. The van der Waals surface area contributed by atoms with Crippen LogP contribution in [0.4, 0.5) is 4.39 Å². The number of hydrogen-bond acceptors (Lipinski definition) is 1. The predicted octanol–water partition coefficient (Wildman–Crippen LogP) is 4.89. The molecule has 0 aliphatic heterocycles. The molecule has 0 heterocycles. The Labute approximate surface area is 132 Å². The summed E-state index contributed by atoms with van der Waals surface area (Å²) in [5.74, 6) is 2.00. The maximum absolute atomic E-state index is 13.5. The second-order valence-corrected chi connectivity index (χ2v) is 8.63. The van der Waals surface area contributed by atoms with E-state index in [0.717, 1.165) is 32.1 Å². The third kappa shape index (κ3) is 1.79. The van der Waals surface area contributed by atoms with Crippen LogP contribution < -0.4 is 0 Å². The third-order valence-corrected chi connectivity index (χ3v) is 6.94. The molecule has 4 atom stereocenters. The Morgan fingerprint density at radius 1 is 1.18 bits per heavy atom. The molecule has 2 fully saturated rings. The van der Waals surface area contributed by atoms with E-state index in [1.807, 2.05) is 6.07 Å². The Bertz CT molecular complexity index is 647. The van der Waals surface area contributed by atoms with Crippen molar-refractivity contribution in [3.05, 3.63) is 35.1 Å². The first-order chi connectivity index (χ1) is 10.3. The maximum atomic E-state index is 13.5. The molecule has 3 unspecified atom stereocenters. The number of halogens is 1. The van der Waals surface area contributed by atoms with Crippen molar-refractivity contribution in [1.82, 2.24) is 0 Å². The van der Waals surface area contributed by atoms with E-state index in [4.69, 9.17) is 0 Å². The van der Waals surface area contributed by atoms with Crippen LogP contribution in [-0.2, 0) is 11.2 Å². The van der Waals surface area contributed by atoms with Crippen LogP contribution in [0, 0.1) is 28.5 Å². The Balaban J connectivity index is 1.74. The van der Waals surface area contributed by atoms with Crippen molar-refractivity contribution < 1.29 is 9.18 Å². The van der Waals surface area contributed by atoms with Gasteiger partial charge in [0.2, 0.25) is 0 Å². The van der Waals surface area contributed by atoms with E-state index in [0.29, 0.717) is 23.5 Å². The van der Waals surface area contributed by atoms with Gasteiger partial charge in [-0.15, -0.1) is 0 Å². The molecule has 118 valence electrons. The standard InChI is InChI=1S/C20H25FO/c1-19(2)11-17-16-6-4-12-10-13(21)5-7-14(12)15(16)8-9-20(17,3)18(19)22/h5,7,10,15-17H,4,6,8-9,11H2,1-3H3/t15?,16?,17?,20-/m0/s1. The molecule has 2 heteroatoms. The highest BCUT2D eigenvalue weighted by Crippen LogP contribution is 2.63. The second-order valence-electron chi connectivity index (χ2n) is 8.63. The first kappa shape index (κ1) is 14.4. The average Bonchev–Trinajstić information content (AvgIpc) is 2.66. The molecule has 22 heavy (non-hydrogen) atoms. The van der Waals surface area contributed by atoms with E-state index in [1.54, 1.807) is 12.1 Å². The number of carbonyl (C=O) groups is 1. The van der Waals surface area contributed by atoms with Crippen molar-refractivity contribution in [2.45, 2.75) is 58.8 Å². The number of benzene rings is 1. The van der Waals surface area contributed by atoms with E-state index in [9.17, 15) is 9.18 Å². The number of rotatable bonds is 0. The van der Waals surface area contributed by atoms with Gasteiger partial charge in [0.1, 0.15) is 11.6 Å². The molecule has 0 spiro atoms. The molecule has 1 aromatic rings. The van der Waals surface area contributed by atoms with Crippen LogP contribution in [0.3, 0.4) is 0 Å². The van der Waals surface area contributed by atoms with Crippen LogP contribution in [-0.4, -0.2) is 5.78 Å². The van der Waals surface area contributed by atoms with Crippen LogP contribution in [0.2, 0.25) is 0 Å². The third-order valence-electron chi connectivity index (χ3n) is 6.94. The van der Waals surface area contributed by atoms with Crippen molar-refractivity contribution in [1.29, 1.82) is 0 Å². The highest BCUT2D eigenvalue weighted by Gasteiger charge is 2.60. The molecule has 3 aliphatic carbocycles. The summed E-state index contributed by atoms with van der Waals surface area (Å²) in [7, 11) is 0. The van der Waals surface area contributed by atoms with Crippen LogP contribution in [0.1, 0.15) is 63.5 Å². The van der Waals surface area contributed by atoms with Crippen molar-refractivity contribution in [2.75, 3.05) is 0 Å². The summed E-state index contributed by atoms with van der Waals surface area (Å²) in [4.78, 5) is 12.9. The SMILES string of the molecule is CC1(C)CC2C3CCc4cc(F)ccc4C3CC[C@]2(C)C1=O. The zero-order valence-electron chi connectivity index (χ0n) is 13.8. The van der Waals surface area contributed by atoms with Gasteiger partial charge >= 0.3 is 0 Å². The fraction of sp³-hybridized carbons (Fsp3) is 0.650. The zero-order chi connectivity index (χ0) is 15.7. The maximum Gasteiger partial charge on any atom is 0.144 e. The molecule has 1 aromatic carbocycles. The summed E-state index contributed by atoms with van der Waals surface area (Å²) in [6, 6.07) is 5.34. The van der Waals surface area contributed by atoms with Gasteiger partial charge in [0.15, 0.2) is 0 Å². The highest BCUT2D eigenvalue weighted by atomic mass is 19.1. The van der Waals surface area contributed by atoms with Crippen LogP contribution in [0.15, 0.2) is 18.2 Å². The quantitative estimate of drug-likeness (QED) is 0.667. The molecule has 1 nitrogen and oxygen atoms in total. The van der Waals surface area contributed by atoms with Crippen molar-refractivity contribution >= 4 is 5.78 Å². The smallest absolute Gasteiger partial charge is 0.144 e. The summed E-state index contributed by atoms with van der Waals surface area (Å²) < 4.78 is 13.5. The van der Waals surface area contributed by atoms with Gasteiger partial charge in [-0.3, -0.25) is 4.79 Å². The minimum atomic E-state index is -0.169. The summed E-state index contributed by atoms with van der Waals surface area (Å²) in [6.45, 7) is 6.46. The Hall–Kier alpha value is -1.18. The first-order valence-electron chi connectivity index (χ1n) is 8.66. The van der Waals surface area contributed by atoms with Crippen molar-refractivity contribution in [3.8, 4) is 0 Å². The predicted molar refractivity (Wildman–Crippen MR) is 85.2 cm³/mol. The van der Waals surface area contributed by atoms with Crippen molar-refractivity contribution in [2.24, 2.45) is 22.7 Å². The highest BCUT2D eigenvalue weighted by molar-refractivity contribution is 5.92. The molecule has 3 aliphatic rings. The van der Waals surface area contributed by atoms with Gasteiger partial charge in [-0.05, 0) is 73.1 Å². The number of fused-ring (bicyclic) bond motifs is 5. The summed E-state index contributed by atoms with van der Waals surface area (Å²) in [5, 5.41) is 0. The van der Waals surface area contributed by atoms with E-state index < -0.39 is 0 Å². The van der Waals surface area contributed by atoms with Crippen molar-refractivity contribution in [3.63, 3.8) is 0 Å². The van der Waals surface area contributed by atoms with Gasteiger partial charge in [0, 0.05) is 10.8 Å². The van der Waals surface area contributed by atoms with Crippen LogP contribution >= 0.6 is 0 Å². The zero-order valence-corrected chi connectivity index (χ0v) is 13.8. The Kier molecular flexibility index (Phi) is 2.90. The lowest BCUT2D eigenvalue weighted by atomic mass is 9.55. The normalized spacial score (nSPS) is 39.1. The summed E-state index contributed by atoms with van der Waals surface area (Å²) >= 11 is 0. The molecular formula is C20H25FO. The number of carbonyl (C=O) groups excluding carboxylic acids is 1. The fourth-order valence-electron chi connectivity index (χ4n) is 5.95. The van der Waals surface area contributed by atoms with Crippen LogP contribution in [0.5, 0.6) is 0 Å². The molecule has 0 aromatic heterocycles. The van der Waals surface area contributed by atoms with Gasteiger partial charge in [0.25, 0.3) is 0 Å². The van der Waals surface area contributed by atoms with Gasteiger partial charge in [-0.1, -0.05) is 26.8 Å². The number of ketones is 1. The fourth-order valence-corrected chi connectivity index (χ4v) is 5.95. The molecule has 4 rings (SSSR count). The first-order valence-corrected chi connectivity index (χ1v) is 8.66. The lowest BCUT2D eigenvalue weighted by Crippen LogP contribution is -2.43. The average molecular weight is 300 g/mol. The topological polar surface area (TPSA) is 17.1 Å². The van der Waals surface area contributed by atoms with E-state index in [1.165, 1.54) is 11.1 Å².